The molecule has 0 aliphatic carbocycles. The second-order valence-corrected chi connectivity index (χ2v) is 3.67. The summed E-state index contributed by atoms with van der Waals surface area (Å²) >= 11 is 0. The highest BCUT2D eigenvalue weighted by Crippen LogP contribution is 2.15. The highest BCUT2D eigenvalue weighted by atomic mass is 19.1. The molecule has 1 amide bonds. The molecule has 1 N–H and O–H groups in total. The first-order valence-electron chi connectivity index (χ1n) is 5.62. The van der Waals surface area contributed by atoms with Gasteiger partial charge in [-0.1, -0.05) is 6.92 Å². The lowest BCUT2D eigenvalue weighted by molar-refractivity contribution is 0.0949. The zero-order chi connectivity index (χ0) is 12.4. The maximum atomic E-state index is 13.6. The summed E-state index contributed by atoms with van der Waals surface area (Å²) in [5, 5.41) is 2.71. The van der Waals surface area contributed by atoms with Crippen molar-refractivity contribution in [1.82, 2.24) is 14.7 Å². The van der Waals surface area contributed by atoms with E-state index in [0.29, 0.717) is 24.4 Å². The molecule has 90 valence electrons. The van der Waals surface area contributed by atoms with E-state index in [2.05, 4.69) is 10.3 Å². The zero-order valence-corrected chi connectivity index (χ0v) is 9.83. The SMILES string of the molecule is CCNC(=O)c1c(CC)nc2c(F)cccn12. The number of fused-ring (bicyclic) bond motifs is 1. The summed E-state index contributed by atoms with van der Waals surface area (Å²) in [4.78, 5) is 16.1. The van der Waals surface area contributed by atoms with E-state index in [1.54, 1.807) is 12.3 Å². The van der Waals surface area contributed by atoms with Crippen molar-refractivity contribution in [2.75, 3.05) is 6.54 Å². The van der Waals surface area contributed by atoms with E-state index in [-0.39, 0.29) is 11.6 Å². The van der Waals surface area contributed by atoms with Gasteiger partial charge in [-0.05, 0) is 25.5 Å². The zero-order valence-electron chi connectivity index (χ0n) is 9.83. The van der Waals surface area contributed by atoms with E-state index in [0.717, 1.165) is 0 Å². The van der Waals surface area contributed by atoms with E-state index in [4.69, 9.17) is 0 Å². The molecule has 5 heteroatoms. The number of imidazole rings is 1. The molecule has 2 rings (SSSR count). The number of hydrogen-bond acceptors (Lipinski definition) is 2. The first-order chi connectivity index (χ1) is 8.19. The van der Waals surface area contributed by atoms with Gasteiger partial charge in [0.05, 0.1) is 5.69 Å². The number of nitrogens with one attached hydrogen (secondary N) is 1. The Morgan fingerprint density at radius 1 is 1.53 bits per heavy atom. The van der Waals surface area contributed by atoms with Gasteiger partial charge in [0.15, 0.2) is 11.5 Å². The monoisotopic (exact) mass is 235 g/mol. The lowest BCUT2D eigenvalue weighted by atomic mass is 10.2. The van der Waals surface area contributed by atoms with Crippen molar-refractivity contribution >= 4 is 11.6 Å². The summed E-state index contributed by atoms with van der Waals surface area (Å²) in [7, 11) is 0. The molecule has 0 spiro atoms. The molecule has 0 fully saturated rings. The van der Waals surface area contributed by atoms with Gasteiger partial charge in [0.2, 0.25) is 0 Å². The predicted octanol–water partition coefficient (Wildman–Crippen LogP) is 1.79. The Morgan fingerprint density at radius 2 is 2.29 bits per heavy atom. The number of carbonyl (C=O) groups excluding carboxylic acids is 1. The molecule has 17 heavy (non-hydrogen) atoms. The molecule has 2 aromatic heterocycles. The molecule has 0 atom stereocenters. The van der Waals surface area contributed by atoms with Crippen LogP contribution in [0, 0.1) is 5.82 Å². The van der Waals surface area contributed by atoms with E-state index in [1.807, 2.05) is 13.8 Å². The van der Waals surface area contributed by atoms with E-state index < -0.39 is 5.82 Å². The largest absolute Gasteiger partial charge is 0.351 e. The van der Waals surface area contributed by atoms with Crippen LogP contribution in [-0.2, 0) is 6.42 Å². The molecule has 4 nitrogen and oxygen atoms in total. The minimum atomic E-state index is -0.419. The number of amides is 1. The molecule has 0 unspecified atom stereocenters. The van der Waals surface area contributed by atoms with Crippen LogP contribution in [0.25, 0.3) is 5.65 Å². The summed E-state index contributed by atoms with van der Waals surface area (Å²) in [5.41, 5.74) is 1.23. The number of aryl methyl sites for hydroxylation is 1. The standard InChI is InChI=1S/C12H14FN3O/c1-3-9-10(12(17)14-4-2)16-7-5-6-8(13)11(16)15-9/h5-7H,3-4H2,1-2H3,(H,14,17). The molecular formula is C12H14FN3O. The minimum absolute atomic E-state index is 0.200. The van der Waals surface area contributed by atoms with Gasteiger partial charge in [-0.15, -0.1) is 0 Å². The van der Waals surface area contributed by atoms with Gasteiger partial charge in [0.25, 0.3) is 5.91 Å². The first kappa shape index (κ1) is 11.6. The van der Waals surface area contributed by atoms with Gasteiger partial charge in [-0.25, -0.2) is 9.37 Å². The Labute approximate surface area is 98.5 Å². The van der Waals surface area contributed by atoms with Crippen LogP contribution < -0.4 is 5.32 Å². The summed E-state index contributed by atoms with van der Waals surface area (Å²) in [6.45, 7) is 4.26. The summed E-state index contributed by atoms with van der Waals surface area (Å²) in [6.07, 6.45) is 2.24. The Hall–Kier alpha value is -1.91. The normalized spacial score (nSPS) is 10.8. The van der Waals surface area contributed by atoms with Gasteiger partial charge >= 0.3 is 0 Å². The van der Waals surface area contributed by atoms with E-state index in [9.17, 15) is 9.18 Å². The van der Waals surface area contributed by atoms with Crippen molar-refractivity contribution in [2.24, 2.45) is 0 Å². The molecule has 0 bridgehead atoms. The van der Waals surface area contributed by atoms with E-state index in [1.165, 1.54) is 10.5 Å². The summed E-state index contributed by atoms with van der Waals surface area (Å²) < 4.78 is 15.0. The van der Waals surface area contributed by atoms with Gasteiger partial charge < -0.3 is 5.32 Å². The van der Waals surface area contributed by atoms with Crippen molar-refractivity contribution in [3.05, 3.63) is 35.5 Å². The number of nitrogens with zero attached hydrogens (tertiary/aromatic N) is 2. The molecule has 2 heterocycles. The van der Waals surface area contributed by atoms with Crippen LogP contribution in [0.15, 0.2) is 18.3 Å². The number of rotatable bonds is 3. The molecule has 0 aromatic carbocycles. The molecule has 0 saturated heterocycles. The van der Waals surface area contributed by atoms with Gasteiger partial charge in [0.1, 0.15) is 5.69 Å². The van der Waals surface area contributed by atoms with Gasteiger partial charge in [-0.2, -0.15) is 0 Å². The van der Waals surface area contributed by atoms with E-state index >= 15 is 0 Å². The van der Waals surface area contributed by atoms with Crippen molar-refractivity contribution < 1.29 is 9.18 Å². The molecule has 0 saturated carbocycles. The number of hydrogen-bond donors (Lipinski definition) is 1. The predicted molar refractivity (Wildman–Crippen MR) is 62.5 cm³/mol. The second-order valence-electron chi connectivity index (χ2n) is 3.67. The Morgan fingerprint density at radius 3 is 2.94 bits per heavy atom. The smallest absolute Gasteiger partial charge is 0.270 e. The van der Waals surface area contributed by atoms with Crippen LogP contribution in [0.5, 0.6) is 0 Å². The van der Waals surface area contributed by atoms with Crippen molar-refractivity contribution in [3.8, 4) is 0 Å². The fourth-order valence-corrected chi connectivity index (χ4v) is 1.81. The summed E-state index contributed by atoms with van der Waals surface area (Å²) in [6, 6.07) is 2.90. The molecular weight excluding hydrogens is 221 g/mol. The van der Waals surface area contributed by atoms with Crippen LogP contribution in [0.3, 0.4) is 0 Å². The number of carbonyl (C=O) groups is 1. The number of halogens is 1. The van der Waals surface area contributed by atoms with Gasteiger partial charge in [-0.3, -0.25) is 9.20 Å². The highest BCUT2D eigenvalue weighted by Gasteiger charge is 2.18. The Balaban J connectivity index is 2.67. The third-order valence-corrected chi connectivity index (χ3v) is 2.56. The topological polar surface area (TPSA) is 46.4 Å². The Kier molecular flexibility index (Phi) is 3.08. The van der Waals surface area contributed by atoms with Crippen molar-refractivity contribution in [1.29, 1.82) is 0 Å². The van der Waals surface area contributed by atoms with Crippen LogP contribution >= 0.6 is 0 Å². The average molecular weight is 235 g/mol. The average Bonchev–Trinajstić information content (AvgIpc) is 2.69. The fourth-order valence-electron chi connectivity index (χ4n) is 1.81. The maximum Gasteiger partial charge on any atom is 0.270 e. The molecule has 0 aliphatic heterocycles. The highest BCUT2D eigenvalue weighted by molar-refractivity contribution is 5.94. The maximum absolute atomic E-state index is 13.6. The second kappa shape index (κ2) is 4.53. The van der Waals surface area contributed by atoms with Crippen LogP contribution in [0.1, 0.15) is 30.0 Å². The lowest BCUT2D eigenvalue weighted by Crippen LogP contribution is -2.25. The van der Waals surface area contributed by atoms with Crippen molar-refractivity contribution in [3.63, 3.8) is 0 Å². The molecule has 0 aliphatic rings. The fraction of sp³-hybridized carbons (Fsp3) is 0.333. The quantitative estimate of drug-likeness (QED) is 0.881. The Bertz CT molecular complexity index is 562. The van der Waals surface area contributed by atoms with Crippen LogP contribution in [0.2, 0.25) is 0 Å². The van der Waals surface area contributed by atoms with Crippen LogP contribution in [0.4, 0.5) is 4.39 Å². The molecule has 0 radical (unpaired) electrons. The van der Waals surface area contributed by atoms with Crippen LogP contribution in [-0.4, -0.2) is 21.8 Å². The third kappa shape index (κ3) is 1.88. The molecule has 2 aromatic rings. The summed E-state index contributed by atoms with van der Waals surface area (Å²) in [5.74, 6) is -0.639. The van der Waals surface area contributed by atoms with Crippen molar-refractivity contribution in [2.45, 2.75) is 20.3 Å². The lowest BCUT2D eigenvalue weighted by Gasteiger charge is -2.03. The third-order valence-electron chi connectivity index (χ3n) is 2.56. The van der Waals surface area contributed by atoms with Gasteiger partial charge in [0, 0.05) is 12.7 Å². The minimum Gasteiger partial charge on any atom is -0.351 e. The first-order valence-corrected chi connectivity index (χ1v) is 5.62. The number of pyridine rings is 1. The number of aromatic nitrogens is 2.